The van der Waals surface area contributed by atoms with Crippen LogP contribution in [0.4, 0.5) is 5.82 Å². The number of piperazine rings is 1. The number of rotatable bonds is 6. The van der Waals surface area contributed by atoms with Gasteiger partial charge in [-0.05, 0) is 48.5 Å². The molecule has 0 aliphatic carbocycles. The van der Waals surface area contributed by atoms with Crippen LogP contribution in [0.25, 0.3) is 11.3 Å². The highest BCUT2D eigenvalue weighted by Gasteiger charge is 2.22. The second kappa shape index (κ2) is 9.21. The summed E-state index contributed by atoms with van der Waals surface area (Å²) in [5, 5.41) is 8.68. The zero-order chi connectivity index (χ0) is 20.8. The number of methoxy groups -OCH3 is 1. The molecule has 1 amide bonds. The Morgan fingerprint density at radius 3 is 2.23 bits per heavy atom. The number of amides is 1. The minimum Gasteiger partial charge on any atom is -0.497 e. The molecule has 0 bridgehead atoms. The number of hydrogen-bond acceptors (Lipinski definition) is 7. The molecule has 2 aromatic heterocycles. The maximum atomic E-state index is 12.5. The van der Waals surface area contributed by atoms with E-state index >= 15 is 0 Å². The number of hydrogen-bond donors (Lipinski definition) is 0. The molecule has 1 saturated heterocycles. The lowest BCUT2D eigenvalue weighted by Gasteiger charge is -2.35. The van der Waals surface area contributed by atoms with Crippen molar-refractivity contribution in [2.75, 3.05) is 44.8 Å². The van der Waals surface area contributed by atoms with Gasteiger partial charge in [0, 0.05) is 44.1 Å². The second-order valence-electron chi connectivity index (χ2n) is 6.84. The maximum absolute atomic E-state index is 12.5. The zero-order valence-corrected chi connectivity index (χ0v) is 16.8. The van der Waals surface area contributed by atoms with E-state index in [1.807, 2.05) is 29.2 Å². The van der Waals surface area contributed by atoms with Crippen molar-refractivity contribution in [3.8, 4) is 22.8 Å². The molecule has 8 nitrogen and oxygen atoms in total. The van der Waals surface area contributed by atoms with E-state index in [0.717, 1.165) is 22.8 Å². The lowest BCUT2D eigenvalue weighted by Crippen LogP contribution is -2.50. The van der Waals surface area contributed by atoms with Gasteiger partial charge in [0.1, 0.15) is 11.5 Å². The predicted octanol–water partition coefficient (Wildman–Crippen LogP) is 2.27. The minimum absolute atomic E-state index is 0.0206. The number of carbonyl (C=O) groups excluding carboxylic acids is 1. The molecule has 154 valence electrons. The van der Waals surface area contributed by atoms with E-state index < -0.39 is 0 Å². The van der Waals surface area contributed by atoms with Gasteiger partial charge in [-0.15, -0.1) is 10.2 Å². The molecule has 8 heteroatoms. The van der Waals surface area contributed by atoms with Gasteiger partial charge < -0.3 is 19.3 Å². The Labute approximate surface area is 175 Å². The van der Waals surface area contributed by atoms with Crippen LogP contribution in [0.15, 0.2) is 60.9 Å². The van der Waals surface area contributed by atoms with Gasteiger partial charge in [0.2, 0.25) is 0 Å². The highest BCUT2D eigenvalue weighted by Crippen LogP contribution is 2.19. The monoisotopic (exact) mass is 405 g/mol. The summed E-state index contributed by atoms with van der Waals surface area (Å²) in [7, 11) is 1.61. The molecule has 0 atom stereocenters. The lowest BCUT2D eigenvalue weighted by atomic mass is 10.2. The Kier molecular flexibility index (Phi) is 6.03. The van der Waals surface area contributed by atoms with Gasteiger partial charge in [-0.1, -0.05) is 0 Å². The Morgan fingerprint density at radius 1 is 0.900 bits per heavy atom. The summed E-state index contributed by atoms with van der Waals surface area (Å²) in [4.78, 5) is 20.4. The van der Waals surface area contributed by atoms with Crippen LogP contribution in [-0.4, -0.2) is 65.9 Å². The molecule has 0 radical (unpaired) electrons. The van der Waals surface area contributed by atoms with Gasteiger partial charge in [0.05, 0.1) is 12.8 Å². The molecule has 30 heavy (non-hydrogen) atoms. The zero-order valence-electron chi connectivity index (χ0n) is 16.8. The van der Waals surface area contributed by atoms with Gasteiger partial charge in [-0.3, -0.25) is 9.78 Å². The van der Waals surface area contributed by atoms with Crippen molar-refractivity contribution in [3.63, 3.8) is 0 Å². The Hall–Kier alpha value is -3.68. The third-order valence-electron chi connectivity index (χ3n) is 5.00. The molecule has 3 aromatic rings. The summed E-state index contributed by atoms with van der Waals surface area (Å²) in [5.74, 6) is 2.19. The van der Waals surface area contributed by atoms with Crippen LogP contribution in [0.3, 0.4) is 0 Å². The molecule has 1 aliphatic rings. The minimum atomic E-state index is -0.0235. The van der Waals surface area contributed by atoms with E-state index in [9.17, 15) is 4.79 Å². The molecule has 4 rings (SSSR count). The molecule has 1 fully saturated rings. The van der Waals surface area contributed by atoms with Gasteiger partial charge in [0.15, 0.2) is 12.4 Å². The summed E-state index contributed by atoms with van der Waals surface area (Å²) in [5.41, 5.74) is 1.79. The lowest BCUT2D eigenvalue weighted by molar-refractivity contribution is -0.133. The highest BCUT2D eigenvalue weighted by molar-refractivity contribution is 5.78. The van der Waals surface area contributed by atoms with Crippen LogP contribution in [0.5, 0.6) is 11.5 Å². The number of carbonyl (C=O) groups is 1. The summed E-state index contributed by atoms with van der Waals surface area (Å²) in [6, 6.07) is 14.9. The number of anilines is 1. The van der Waals surface area contributed by atoms with Gasteiger partial charge in [0.25, 0.3) is 5.91 Å². The van der Waals surface area contributed by atoms with Crippen molar-refractivity contribution in [3.05, 3.63) is 60.9 Å². The van der Waals surface area contributed by atoms with Gasteiger partial charge in [-0.25, -0.2) is 0 Å². The molecular weight excluding hydrogens is 382 g/mol. The second-order valence-corrected chi connectivity index (χ2v) is 6.84. The summed E-state index contributed by atoms with van der Waals surface area (Å²) in [6.07, 6.45) is 3.47. The number of aromatic nitrogens is 3. The fourth-order valence-electron chi connectivity index (χ4n) is 3.26. The van der Waals surface area contributed by atoms with Crippen LogP contribution >= 0.6 is 0 Å². The van der Waals surface area contributed by atoms with Gasteiger partial charge >= 0.3 is 0 Å². The molecular formula is C22H23N5O3. The third-order valence-corrected chi connectivity index (χ3v) is 5.00. The molecule has 0 unspecified atom stereocenters. The predicted molar refractivity (Wildman–Crippen MR) is 113 cm³/mol. The molecule has 0 spiro atoms. The number of nitrogens with zero attached hydrogens (tertiary/aromatic N) is 5. The summed E-state index contributed by atoms with van der Waals surface area (Å²) < 4.78 is 10.7. The average molecular weight is 405 g/mol. The molecule has 1 aliphatic heterocycles. The van der Waals surface area contributed by atoms with Crippen molar-refractivity contribution in [2.24, 2.45) is 0 Å². The topological polar surface area (TPSA) is 80.7 Å². The van der Waals surface area contributed by atoms with Crippen molar-refractivity contribution >= 4 is 11.7 Å². The van der Waals surface area contributed by atoms with Crippen molar-refractivity contribution in [1.82, 2.24) is 20.1 Å². The van der Waals surface area contributed by atoms with Crippen LogP contribution in [0.2, 0.25) is 0 Å². The van der Waals surface area contributed by atoms with E-state index in [1.54, 1.807) is 43.8 Å². The standard InChI is InChI=1S/C22H23N5O3/c1-29-18-2-4-19(5-3-18)30-16-22(28)27-14-12-26(13-15-27)21-7-6-20(24-25-21)17-8-10-23-11-9-17/h2-11H,12-16H2,1H3. The van der Waals surface area contributed by atoms with E-state index in [2.05, 4.69) is 20.1 Å². The number of benzene rings is 1. The Morgan fingerprint density at radius 2 is 1.60 bits per heavy atom. The molecule has 0 N–H and O–H groups in total. The number of pyridine rings is 1. The number of ether oxygens (including phenoxy) is 2. The van der Waals surface area contributed by atoms with Crippen LogP contribution in [0, 0.1) is 0 Å². The quantitative estimate of drug-likeness (QED) is 0.622. The van der Waals surface area contributed by atoms with Crippen LogP contribution < -0.4 is 14.4 Å². The SMILES string of the molecule is COc1ccc(OCC(=O)N2CCN(c3ccc(-c4ccncc4)nn3)CC2)cc1. The molecule has 3 heterocycles. The van der Waals surface area contributed by atoms with Crippen molar-refractivity contribution < 1.29 is 14.3 Å². The van der Waals surface area contributed by atoms with Gasteiger partial charge in [-0.2, -0.15) is 0 Å². The first-order chi connectivity index (χ1) is 14.7. The summed E-state index contributed by atoms with van der Waals surface area (Å²) >= 11 is 0. The first kappa shape index (κ1) is 19.6. The van der Waals surface area contributed by atoms with E-state index in [0.29, 0.717) is 31.9 Å². The van der Waals surface area contributed by atoms with Crippen molar-refractivity contribution in [2.45, 2.75) is 0 Å². The molecule has 0 saturated carbocycles. The maximum Gasteiger partial charge on any atom is 0.260 e. The fraction of sp³-hybridized carbons (Fsp3) is 0.273. The fourth-order valence-corrected chi connectivity index (χ4v) is 3.26. The average Bonchev–Trinajstić information content (AvgIpc) is 2.83. The smallest absolute Gasteiger partial charge is 0.260 e. The third kappa shape index (κ3) is 4.65. The van der Waals surface area contributed by atoms with E-state index in [-0.39, 0.29) is 12.5 Å². The highest BCUT2D eigenvalue weighted by atomic mass is 16.5. The molecule has 1 aromatic carbocycles. The largest absolute Gasteiger partial charge is 0.497 e. The Balaban J connectivity index is 1.27. The normalized spacial score (nSPS) is 13.8. The first-order valence-corrected chi connectivity index (χ1v) is 9.76. The first-order valence-electron chi connectivity index (χ1n) is 9.76. The van der Waals surface area contributed by atoms with Crippen LogP contribution in [-0.2, 0) is 4.79 Å². The summed E-state index contributed by atoms with van der Waals surface area (Å²) in [6.45, 7) is 2.68. The van der Waals surface area contributed by atoms with E-state index in [1.165, 1.54) is 0 Å². The van der Waals surface area contributed by atoms with E-state index in [4.69, 9.17) is 9.47 Å². The van der Waals surface area contributed by atoms with Crippen LogP contribution in [0.1, 0.15) is 0 Å². The Bertz CT molecular complexity index is 956. The van der Waals surface area contributed by atoms with Crippen molar-refractivity contribution in [1.29, 1.82) is 0 Å².